The lowest BCUT2D eigenvalue weighted by atomic mass is 10.0. The second-order valence-electron chi connectivity index (χ2n) is 9.38. The van der Waals surface area contributed by atoms with Crippen LogP contribution < -0.4 is 14.8 Å². The van der Waals surface area contributed by atoms with E-state index in [2.05, 4.69) is 10.3 Å². The predicted molar refractivity (Wildman–Crippen MR) is 123 cm³/mol. The summed E-state index contributed by atoms with van der Waals surface area (Å²) >= 11 is 0. The molecule has 0 radical (unpaired) electrons. The van der Waals surface area contributed by atoms with E-state index in [1.54, 1.807) is 18.3 Å². The van der Waals surface area contributed by atoms with Crippen molar-refractivity contribution in [1.29, 1.82) is 0 Å². The molecule has 6 rings (SSSR count). The van der Waals surface area contributed by atoms with Crippen molar-refractivity contribution in [1.82, 2.24) is 4.98 Å². The van der Waals surface area contributed by atoms with Crippen LogP contribution in [-0.2, 0) is 28.6 Å². The standard InChI is InChI=1S/C27H21F3N2O4/c28-27(29,30)15-3-1-2-14(10-15)11-16(33)12-20-24-19-13-17(4-6-21(19)36-25(20)24)35-22-8-9-31-26-18(22)5-7-23(34)32-26/h1-4,6,8-10,13,20,24-25H,5,7,11-12H2,(H,31,32,34)/t20-,24-,25+/m0/s1. The van der Waals surface area contributed by atoms with Gasteiger partial charge < -0.3 is 14.8 Å². The Labute approximate surface area is 204 Å². The number of aromatic nitrogens is 1. The number of anilines is 1. The molecule has 9 heteroatoms. The highest BCUT2D eigenvalue weighted by atomic mass is 19.4. The summed E-state index contributed by atoms with van der Waals surface area (Å²) in [5.74, 6) is 2.36. The fourth-order valence-electron chi connectivity index (χ4n) is 5.16. The van der Waals surface area contributed by atoms with Gasteiger partial charge in [0.1, 0.15) is 35.0 Å². The molecule has 3 heterocycles. The fraction of sp³-hybridized carbons (Fsp3) is 0.296. The molecule has 0 unspecified atom stereocenters. The van der Waals surface area contributed by atoms with Gasteiger partial charge in [-0.3, -0.25) is 9.59 Å². The molecule has 1 aliphatic carbocycles. The average Bonchev–Trinajstić information content (AvgIpc) is 3.34. The van der Waals surface area contributed by atoms with E-state index in [1.165, 1.54) is 6.07 Å². The smallest absolute Gasteiger partial charge is 0.416 e. The van der Waals surface area contributed by atoms with Crippen molar-refractivity contribution in [2.75, 3.05) is 5.32 Å². The number of alkyl halides is 3. The SMILES string of the molecule is O=C(Cc1cccc(C(F)(F)F)c1)C[C@@H]1[C@H]2Oc3ccc(Oc4ccnc5c4CCC(=O)N5)cc3[C@@H]12. The number of rotatable bonds is 6. The summed E-state index contributed by atoms with van der Waals surface area (Å²) in [7, 11) is 0. The summed E-state index contributed by atoms with van der Waals surface area (Å²) in [6.45, 7) is 0. The molecule has 3 aromatic rings. The summed E-state index contributed by atoms with van der Waals surface area (Å²) in [5, 5.41) is 2.76. The molecule has 1 fully saturated rings. The molecule has 1 aromatic heterocycles. The molecule has 0 spiro atoms. The molecule has 0 saturated heterocycles. The molecule has 1 N–H and O–H groups in total. The van der Waals surface area contributed by atoms with E-state index in [-0.39, 0.29) is 42.5 Å². The number of Topliss-reactive ketones (excluding diaryl/α,β-unsaturated/α-hetero) is 1. The molecule has 3 aliphatic rings. The van der Waals surface area contributed by atoms with E-state index in [4.69, 9.17) is 9.47 Å². The summed E-state index contributed by atoms with van der Waals surface area (Å²) in [4.78, 5) is 28.5. The van der Waals surface area contributed by atoms with Gasteiger partial charge in [-0.25, -0.2) is 4.98 Å². The number of carbonyl (C=O) groups excluding carboxylic acids is 2. The molecule has 3 atom stereocenters. The number of nitrogens with one attached hydrogen (secondary N) is 1. The Balaban J connectivity index is 1.13. The molecule has 6 nitrogen and oxygen atoms in total. The lowest BCUT2D eigenvalue weighted by Crippen LogP contribution is -2.20. The van der Waals surface area contributed by atoms with Crippen molar-refractivity contribution in [2.45, 2.75) is 43.9 Å². The number of benzene rings is 2. The number of pyridine rings is 1. The molecule has 1 saturated carbocycles. The quantitative estimate of drug-likeness (QED) is 0.493. The molecule has 1 amide bonds. The highest BCUT2D eigenvalue weighted by Gasteiger charge is 2.59. The van der Waals surface area contributed by atoms with Crippen LogP contribution in [0.5, 0.6) is 17.2 Å². The zero-order chi connectivity index (χ0) is 25.0. The Morgan fingerprint density at radius 3 is 2.83 bits per heavy atom. The highest BCUT2D eigenvalue weighted by Crippen LogP contribution is 2.60. The van der Waals surface area contributed by atoms with Crippen LogP contribution in [0.25, 0.3) is 0 Å². The first-order valence-electron chi connectivity index (χ1n) is 11.7. The van der Waals surface area contributed by atoms with Crippen LogP contribution in [0.4, 0.5) is 19.0 Å². The van der Waals surface area contributed by atoms with Crippen molar-refractivity contribution < 1.29 is 32.2 Å². The molecule has 0 bridgehead atoms. The second kappa shape index (κ2) is 8.36. The van der Waals surface area contributed by atoms with E-state index in [9.17, 15) is 22.8 Å². The van der Waals surface area contributed by atoms with Gasteiger partial charge in [-0.15, -0.1) is 0 Å². The normalized spacial score (nSPS) is 21.5. The first kappa shape index (κ1) is 22.6. The Kier molecular flexibility index (Phi) is 5.24. The number of ether oxygens (including phenoxy) is 2. The lowest BCUT2D eigenvalue weighted by molar-refractivity contribution is -0.137. The number of carbonyl (C=O) groups is 2. The van der Waals surface area contributed by atoms with Gasteiger partial charge in [-0.2, -0.15) is 13.2 Å². The van der Waals surface area contributed by atoms with E-state index in [1.807, 2.05) is 18.2 Å². The maximum absolute atomic E-state index is 13.0. The lowest BCUT2D eigenvalue weighted by Gasteiger charge is -2.19. The summed E-state index contributed by atoms with van der Waals surface area (Å²) in [6.07, 6.45) is -1.85. The maximum atomic E-state index is 13.0. The summed E-state index contributed by atoms with van der Waals surface area (Å²) < 4.78 is 51.0. The number of ketones is 1. The van der Waals surface area contributed by atoms with Crippen molar-refractivity contribution in [3.63, 3.8) is 0 Å². The van der Waals surface area contributed by atoms with Gasteiger partial charge in [-0.1, -0.05) is 18.2 Å². The average molecular weight is 494 g/mol. The van der Waals surface area contributed by atoms with Crippen LogP contribution in [0.15, 0.2) is 54.7 Å². The largest absolute Gasteiger partial charge is 0.489 e. The first-order chi connectivity index (χ1) is 17.3. The molecule has 2 aliphatic heterocycles. The Morgan fingerprint density at radius 2 is 2.00 bits per heavy atom. The third-order valence-corrected chi connectivity index (χ3v) is 6.92. The molecule has 2 aromatic carbocycles. The number of halogens is 3. The van der Waals surface area contributed by atoms with Crippen molar-refractivity contribution in [3.05, 3.63) is 77.0 Å². The van der Waals surface area contributed by atoms with E-state index >= 15 is 0 Å². The van der Waals surface area contributed by atoms with E-state index in [0.717, 1.165) is 29.0 Å². The number of nitrogens with zero attached hydrogens (tertiary/aromatic N) is 1. The minimum atomic E-state index is -4.44. The van der Waals surface area contributed by atoms with E-state index in [0.29, 0.717) is 35.7 Å². The molecule has 36 heavy (non-hydrogen) atoms. The number of hydrogen-bond donors (Lipinski definition) is 1. The zero-order valence-corrected chi connectivity index (χ0v) is 19.0. The van der Waals surface area contributed by atoms with Gasteiger partial charge in [0.25, 0.3) is 0 Å². The van der Waals surface area contributed by atoms with Gasteiger partial charge in [0.2, 0.25) is 5.91 Å². The minimum absolute atomic E-state index is 0.00468. The second-order valence-corrected chi connectivity index (χ2v) is 9.38. The molecular weight excluding hydrogens is 473 g/mol. The van der Waals surface area contributed by atoms with Gasteiger partial charge in [0, 0.05) is 48.4 Å². The zero-order valence-electron chi connectivity index (χ0n) is 19.0. The third-order valence-electron chi connectivity index (χ3n) is 6.92. The van der Waals surface area contributed by atoms with Gasteiger partial charge in [0.15, 0.2) is 0 Å². The van der Waals surface area contributed by atoms with Crippen molar-refractivity contribution in [3.8, 4) is 17.2 Å². The van der Waals surface area contributed by atoms with Crippen LogP contribution in [-0.4, -0.2) is 22.8 Å². The molecule has 184 valence electrons. The van der Waals surface area contributed by atoms with Gasteiger partial charge in [0.05, 0.1) is 5.56 Å². The molecular formula is C27H21F3N2O4. The maximum Gasteiger partial charge on any atom is 0.416 e. The van der Waals surface area contributed by atoms with E-state index < -0.39 is 11.7 Å². The van der Waals surface area contributed by atoms with Gasteiger partial charge in [-0.05, 0) is 42.3 Å². The highest BCUT2D eigenvalue weighted by molar-refractivity contribution is 5.93. The van der Waals surface area contributed by atoms with Crippen molar-refractivity contribution in [2.24, 2.45) is 5.92 Å². The third kappa shape index (κ3) is 4.19. The van der Waals surface area contributed by atoms with Crippen LogP contribution in [0.3, 0.4) is 0 Å². The van der Waals surface area contributed by atoms with Crippen LogP contribution in [0.2, 0.25) is 0 Å². The van der Waals surface area contributed by atoms with Crippen LogP contribution in [0.1, 0.15) is 41.0 Å². The number of hydrogen-bond acceptors (Lipinski definition) is 5. The predicted octanol–water partition coefficient (Wildman–Crippen LogP) is 5.45. The number of fused-ring (bicyclic) bond motifs is 4. The van der Waals surface area contributed by atoms with Gasteiger partial charge >= 0.3 is 6.18 Å². The summed E-state index contributed by atoms with van der Waals surface area (Å²) in [6, 6.07) is 12.2. The Bertz CT molecular complexity index is 1390. The topological polar surface area (TPSA) is 77.5 Å². The minimum Gasteiger partial charge on any atom is -0.489 e. The summed E-state index contributed by atoms with van der Waals surface area (Å²) in [5.41, 5.74) is 1.41. The van der Waals surface area contributed by atoms with Crippen LogP contribution >= 0.6 is 0 Å². The van der Waals surface area contributed by atoms with Crippen molar-refractivity contribution >= 4 is 17.5 Å². The number of amides is 1. The van der Waals surface area contributed by atoms with Crippen LogP contribution in [0, 0.1) is 5.92 Å². The Morgan fingerprint density at radius 1 is 1.14 bits per heavy atom. The monoisotopic (exact) mass is 494 g/mol. The first-order valence-corrected chi connectivity index (χ1v) is 11.7. The Hall–Kier alpha value is -3.88. The fourth-order valence-corrected chi connectivity index (χ4v) is 5.16.